The van der Waals surface area contributed by atoms with Gasteiger partial charge in [-0.25, -0.2) is 9.97 Å². The molecule has 1 aliphatic heterocycles. The van der Waals surface area contributed by atoms with Gasteiger partial charge in [-0.2, -0.15) is 0 Å². The first kappa shape index (κ1) is 21.7. The van der Waals surface area contributed by atoms with Gasteiger partial charge in [0.1, 0.15) is 17.7 Å². The number of aromatic nitrogens is 2. The topological polar surface area (TPSA) is 78.4 Å². The standard InChI is InChI=1S/C20H26BrN5O2S/c1-12(2)18-22-13(3)11-17(24-18)25-7-9-26(10-8-25)20(28)14(4)23-19(27)15-5-6-16(21)29-15/h5-6,11-12,14H,7-10H2,1-4H3,(H,23,27). The summed E-state index contributed by atoms with van der Waals surface area (Å²) in [6, 6.07) is 4.99. The van der Waals surface area contributed by atoms with Gasteiger partial charge in [0.15, 0.2) is 0 Å². The van der Waals surface area contributed by atoms with Crippen molar-refractivity contribution in [3.63, 3.8) is 0 Å². The predicted molar refractivity (Wildman–Crippen MR) is 119 cm³/mol. The maximum Gasteiger partial charge on any atom is 0.262 e. The average Bonchev–Trinajstić information content (AvgIpc) is 3.13. The fraction of sp³-hybridized carbons (Fsp3) is 0.500. The number of hydrogen-bond donors (Lipinski definition) is 1. The number of piperazine rings is 1. The molecule has 2 aromatic heterocycles. The van der Waals surface area contributed by atoms with Gasteiger partial charge in [-0.15, -0.1) is 11.3 Å². The molecule has 3 heterocycles. The molecule has 0 radical (unpaired) electrons. The van der Waals surface area contributed by atoms with Gasteiger partial charge < -0.3 is 15.1 Å². The first-order valence-corrected chi connectivity index (χ1v) is 11.3. The Hall–Kier alpha value is -2.00. The van der Waals surface area contributed by atoms with Crippen LogP contribution in [0.5, 0.6) is 0 Å². The molecule has 2 aromatic rings. The second kappa shape index (κ2) is 9.21. The average molecular weight is 480 g/mol. The first-order valence-electron chi connectivity index (χ1n) is 9.70. The summed E-state index contributed by atoms with van der Waals surface area (Å²) in [6.07, 6.45) is 0. The number of nitrogens with one attached hydrogen (secondary N) is 1. The fourth-order valence-corrected chi connectivity index (χ4v) is 4.48. The van der Waals surface area contributed by atoms with Gasteiger partial charge in [-0.3, -0.25) is 9.59 Å². The smallest absolute Gasteiger partial charge is 0.262 e. The van der Waals surface area contributed by atoms with Crippen molar-refractivity contribution in [3.8, 4) is 0 Å². The molecule has 0 spiro atoms. The zero-order valence-corrected chi connectivity index (χ0v) is 19.5. The van der Waals surface area contributed by atoms with Crippen LogP contribution in [0.3, 0.4) is 0 Å². The molecule has 1 aliphatic rings. The van der Waals surface area contributed by atoms with E-state index in [4.69, 9.17) is 0 Å². The van der Waals surface area contributed by atoms with Gasteiger partial charge in [0.25, 0.3) is 5.91 Å². The summed E-state index contributed by atoms with van der Waals surface area (Å²) in [5, 5.41) is 2.80. The number of thiophene rings is 1. The molecular weight excluding hydrogens is 454 g/mol. The molecule has 0 saturated carbocycles. The molecule has 0 bridgehead atoms. The van der Waals surface area contributed by atoms with Crippen molar-refractivity contribution in [2.75, 3.05) is 31.1 Å². The van der Waals surface area contributed by atoms with Crippen molar-refractivity contribution in [2.45, 2.75) is 39.7 Å². The highest BCUT2D eigenvalue weighted by molar-refractivity contribution is 9.11. The first-order chi connectivity index (χ1) is 13.7. The number of aryl methyl sites for hydroxylation is 1. The fourth-order valence-electron chi connectivity index (χ4n) is 3.19. The van der Waals surface area contributed by atoms with Gasteiger partial charge in [-0.05, 0) is 41.9 Å². The van der Waals surface area contributed by atoms with E-state index in [1.807, 2.05) is 24.0 Å². The zero-order chi connectivity index (χ0) is 21.1. The zero-order valence-electron chi connectivity index (χ0n) is 17.1. The van der Waals surface area contributed by atoms with Gasteiger partial charge >= 0.3 is 0 Å². The molecular formula is C20H26BrN5O2S. The van der Waals surface area contributed by atoms with Crippen LogP contribution in [0, 0.1) is 6.92 Å². The number of carbonyl (C=O) groups is 2. The second-order valence-electron chi connectivity index (χ2n) is 7.49. The maximum absolute atomic E-state index is 12.8. The Morgan fingerprint density at radius 3 is 2.41 bits per heavy atom. The lowest BCUT2D eigenvalue weighted by Crippen LogP contribution is -2.54. The van der Waals surface area contributed by atoms with Crippen LogP contribution in [0.25, 0.3) is 0 Å². The van der Waals surface area contributed by atoms with Crippen LogP contribution in [0.1, 0.15) is 47.9 Å². The van der Waals surface area contributed by atoms with E-state index in [1.165, 1.54) is 11.3 Å². The molecule has 3 rings (SSSR count). The highest BCUT2D eigenvalue weighted by Gasteiger charge is 2.27. The Morgan fingerprint density at radius 2 is 1.83 bits per heavy atom. The third kappa shape index (κ3) is 5.33. The van der Waals surface area contributed by atoms with Crippen molar-refractivity contribution >= 4 is 44.9 Å². The highest BCUT2D eigenvalue weighted by Crippen LogP contribution is 2.22. The van der Waals surface area contributed by atoms with Crippen molar-refractivity contribution in [1.82, 2.24) is 20.2 Å². The molecule has 0 aliphatic carbocycles. The van der Waals surface area contributed by atoms with Crippen molar-refractivity contribution in [2.24, 2.45) is 0 Å². The van der Waals surface area contributed by atoms with E-state index in [1.54, 1.807) is 13.0 Å². The highest BCUT2D eigenvalue weighted by atomic mass is 79.9. The normalized spacial score (nSPS) is 15.5. The Kier molecular flexibility index (Phi) is 6.89. The Bertz CT molecular complexity index is 893. The van der Waals surface area contributed by atoms with Crippen LogP contribution < -0.4 is 10.2 Å². The van der Waals surface area contributed by atoms with E-state index in [0.717, 1.165) is 21.1 Å². The number of nitrogens with zero attached hydrogens (tertiary/aromatic N) is 4. The molecule has 1 saturated heterocycles. The van der Waals surface area contributed by atoms with Crippen LogP contribution in [0.15, 0.2) is 22.0 Å². The molecule has 1 fully saturated rings. The van der Waals surface area contributed by atoms with E-state index < -0.39 is 6.04 Å². The Labute approximate surface area is 183 Å². The van der Waals surface area contributed by atoms with Gasteiger partial charge in [0, 0.05) is 43.9 Å². The molecule has 29 heavy (non-hydrogen) atoms. The van der Waals surface area contributed by atoms with E-state index in [9.17, 15) is 9.59 Å². The van der Waals surface area contributed by atoms with Crippen molar-refractivity contribution < 1.29 is 9.59 Å². The molecule has 1 unspecified atom stereocenters. The third-order valence-electron chi connectivity index (χ3n) is 4.80. The Morgan fingerprint density at radius 1 is 1.14 bits per heavy atom. The number of halogens is 1. The van der Waals surface area contributed by atoms with E-state index in [-0.39, 0.29) is 17.7 Å². The third-order valence-corrected chi connectivity index (χ3v) is 6.43. The van der Waals surface area contributed by atoms with Crippen LogP contribution in [0.4, 0.5) is 5.82 Å². The molecule has 1 atom stereocenters. The van der Waals surface area contributed by atoms with Gasteiger partial charge in [-0.1, -0.05) is 13.8 Å². The van der Waals surface area contributed by atoms with Crippen molar-refractivity contribution in [1.29, 1.82) is 0 Å². The molecule has 2 amide bonds. The number of hydrogen-bond acceptors (Lipinski definition) is 6. The van der Waals surface area contributed by atoms with E-state index >= 15 is 0 Å². The minimum absolute atomic E-state index is 0.0599. The number of rotatable bonds is 5. The minimum atomic E-state index is -0.566. The molecule has 7 nitrogen and oxygen atoms in total. The summed E-state index contributed by atoms with van der Waals surface area (Å²) in [6.45, 7) is 10.5. The molecule has 1 N–H and O–H groups in total. The lowest BCUT2D eigenvalue weighted by atomic mass is 10.2. The number of anilines is 1. The monoisotopic (exact) mass is 479 g/mol. The SMILES string of the molecule is Cc1cc(N2CCN(C(=O)C(C)NC(=O)c3ccc(Br)s3)CC2)nc(C(C)C)n1. The summed E-state index contributed by atoms with van der Waals surface area (Å²) in [4.78, 5) is 38.8. The summed E-state index contributed by atoms with van der Waals surface area (Å²) < 4.78 is 0.887. The van der Waals surface area contributed by atoms with E-state index in [2.05, 4.69) is 50.0 Å². The summed E-state index contributed by atoms with van der Waals surface area (Å²) in [5.41, 5.74) is 0.953. The summed E-state index contributed by atoms with van der Waals surface area (Å²) >= 11 is 4.70. The molecule has 0 aromatic carbocycles. The van der Waals surface area contributed by atoms with Gasteiger partial charge in [0.2, 0.25) is 5.91 Å². The van der Waals surface area contributed by atoms with Crippen LogP contribution >= 0.6 is 27.3 Å². The predicted octanol–water partition coefficient (Wildman–Crippen LogP) is 3.20. The van der Waals surface area contributed by atoms with Crippen LogP contribution in [-0.2, 0) is 4.79 Å². The summed E-state index contributed by atoms with van der Waals surface area (Å²) in [5.74, 6) is 1.74. The molecule has 156 valence electrons. The maximum atomic E-state index is 12.8. The summed E-state index contributed by atoms with van der Waals surface area (Å²) in [7, 11) is 0. The lowest BCUT2D eigenvalue weighted by Gasteiger charge is -2.36. The van der Waals surface area contributed by atoms with E-state index in [0.29, 0.717) is 31.1 Å². The van der Waals surface area contributed by atoms with Crippen LogP contribution in [0.2, 0.25) is 0 Å². The number of carbonyl (C=O) groups excluding carboxylic acids is 2. The second-order valence-corrected chi connectivity index (χ2v) is 9.95. The quantitative estimate of drug-likeness (QED) is 0.711. The van der Waals surface area contributed by atoms with Gasteiger partial charge in [0.05, 0.1) is 8.66 Å². The van der Waals surface area contributed by atoms with Crippen LogP contribution in [-0.4, -0.2) is 58.9 Å². The largest absolute Gasteiger partial charge is 0.353 e. The van der Waals surface area contributed by atoms with Crippen molar-refractivity contribution in [3.05, 3.63) is 38.4 Å². The minimum Gasteiger partial charge on any atom is -0.353 e. The number of amides is 2. The lowest BCUT2D eigenvalue weighted by molar-refractivity contribution is -0.133. The molecule has 9 heteroatoms. The Balaban J connectivity index is 1.57.